The maximum atomic E-state index is 13.3. The zero-order chi connectivity index (χ0) is 10.0. The lowest BCUT2D eigenvalue weighted by atomic mass is 10.1. The van der Waals surface area contributed by atoms with Gasteiger partial charge in [0.2, 0.25) is 0 Å². The molecule has 4 heteroatoms. The van der Waals surface area contributed by atoms with Crippen LogP contribution in [-0.4, -0.2) is 11.1 Å². The van der Waals surface area contributed by atoms with Crippen LogP contribution in [0.25, 0.3) is 0 Å². The Bertz CT molecular complexity index is 350. The molecule has 0 aliphatic rings. The van der Waals surface area contributed by atoms with E-state index in [0.29, 0.717) is 10.9 Å². The van der Waals surface area contributed by atoms with Crippen molar-refractivity contribution in [1.29, 1.82) is 0 Å². The van der Waals surface area contributed by atoms with Crippen LogP contribution in [0.4, 0.5) is 4.39 Å². The summed E-state index contributed by atoms with van der Waals surface area (Å²) in [7, 11) is 0. The van der Waals surface area contributed by atoms with E-state index in [2.05, 4.69) is 15.9 Å². The van der Waals surface area contributed by atoms with Gasteiger partial charge in [-0.3, -0.25) is 0 Å². The molecule has 0 saturated heterocycles. The van der Waals surface area contributed by atoms with Crippen LogP contribution in [0.1, 0.15) is 21.5 Å². The van der Waals surface area contributed by atoms with Crippen molar-refractivity contribution in [2.24, 2.45) is 0 Å². The SMILES string of the molecule is Cc1c(C(=O)O)ccc(CBr)c1F. The number of aromatic carboxylic acids is 1. The molecule has 0 unspecified atom stereocenters. The van der Waals surface area contributed by atoms with E-state index < -0.39 is 11.8 Å². The minimum absolute atomic E-state index is 0.0159. The maximum absolute atomic E-state index is 13.3. The third kappa shape index (κ3) is 1.88. The number of halogens is 2. The van der Waals surface area contributed by atoms with Crippen molar-refractivity contribution in [3.05, 3.63) is 34.6 Å². The Labute approximate surface area is 83.5 Å². The van der Waals surface area contributed by atoms with Crippen molar-refractivity contribution in [2.45, 2.75) is 12.3 Å². The summed E-state index contributed by atoms with van der Waals surface area (Å²) >= 11 is 3.12. The van der Waals surface area contributed by atoms with Crippen LogP contribution in [0, 0.1) is 12.7 Å². The predicted octanol–water partition coefficient (Wildman–Crippen LogP) is 2.73. The van der Waals surface area contributed by atoms with Gasteiger partial charge in [-0.1, -0.05) is 22.0 Å². The van der Waals surface area contributed by atoms with Gasteiger partial charge in [0.05, 0.1) is 5.56 Å². The quantitative estimate of drug-likeness (QED) is 0.816. The molecular weight excluding hydrogens is 239 g/mol. The molecule has 0 bridgehead atoms. The first-order chi connectivity index (χ1) is 6.07. The topological polar surface area (TPSA) is 37.3 Å². The minimum atomic E-state index is -1.10. The number of benzene rings is 1. The molecule has 0 fully saturated rings. The van der Waals surface area contributed by atoms with Crippen LogP contribution in [0.2, 0.25) is 0 Å². The average Bonchev–Trinajstić information content (AvgIpc) is 2.09. The lowest BCUT2D eigenvalue weighted by molar-refractivity contribution is 0.0695. The van der Waals surface area contributed by atoms with Crippen LogP contribution < -0.4 is 0 Å². The summed E-state index contributed by atoms with van der Waals surface area (Å²) in [5, 5.41) is 9.06. The van der Waals surface area contributed by atoms with E-state index in [-0.39, 0.29) is 11.1 Å². The van der Waals surface area contributed by atoms with Crippen molar-refractivity contribution >= 4 is 21.9 Å². The summed E-state index contributed by atoms with van der Waals surface area (Å²) in [6.07, 6.45) is 0. The largest absolute Gasteiger partial charge is 0.478 e. The zero-order valence-electron chi connectivity index (χ0n) is 6.97. The Morgan fingerprint density at radius 1 is 1.62 bits per heavy atom. The minimum Gasteiger partial charge on any atom is -0.478 e. The van der Waals surface area contributed by atoms with Crippen molar-refractivity contribution < 1.29 is 14.3 Å². The molecule has 0 heterocycles. The second-order valence-electron chi connectivity index (χ2n) is 2.65. The van der Waals surface area contributed by atoms with Gasteiger partial charge in [-0.15, -0.1) is 0 Å². The van der Waals surface area contributed by atoms with E-state index in [1.165, 1.54) is 19.1 Å². The Hall–Kier alpha value is -0.900. The Morgan fingerprint density at radius 2 is 2.23 bits per heavy atom. The molecule has 0 aliphatic heterocycles. The molecule has 0 radical (unpaired) electrons. The fourth-order valence-corrected chi connectivity index (χ4v) is 1.51. The molecule has 0 amide bonds. The molecule has 0 aliphatic carbocycles. The van der Waals surface area contributed by atoms with Gasteiger partial charge in [0.1, 0.15) is 5.82 Å². The predicted molar refractivity (Wildman–Crippen MR) is 50.7 cm³/mol. The summed E-state index contributed by atoms with van der Waals surface area (Å²) in [5.74, 6) is -1.55. The first kappa shape index (κ1) is 10.2. The van der Waals surface area contributed by atoms with Crippen LogP contribution >= 0.6 is 15.9 Å². The standard InChI is InChI=1S/C9H8BrFO2/c1-5-7(9(12)13)3-2-6(4-10)8(5)11/h2-3H,4H2,1H3,(H,12,13). The van der Waals surface area contributed by atoms with Crippen molar-refractivity contribution in [3.8, 4) is 0 Å². The highest BCUT2D eigenvalue weighted by Crippen LogP contribution is 2.18. The Balaban J connectivity index is 3.31. The second-order valence-corrected chi connectivity index (χ2v) is 3.21. The molecule has 0 spiro atoms. The third-order valence-corrected chi connectivity index (χ3v) is 2.44. The number of alkyl halides is 1. The summed E-state index contributed by atoms with van der Waals surface area (Å²) < 4.78 is 13.3. The van der Waals surface area contributed by atoms with E-state index in [1.54, 1.807) is 0 Å². The molecule has 0 aromatic heterocycles. The number of hydrogen-bond acceptors (Lipinski definition) is 1. The molecule has 70 valence electrons. The average molecular weight is 247 g/mol. The number of carbonyl (C=O) groups is 1. The van der Waals surface area contributed by atoms with Crippen LogP contribution in [-0.2, 0) is 5.33 Å². The normalized spacial score (nSPS) is 10.1. The molecule has 1 aromatic rings. The first-order valence-corrected chi connectivity index (χ1v) is 4.77. The Kier molecular flexibility index (Phi) is 3.03. The van der Waals surface area contributed by atoms with E-state index in [9.17, 15) is 9.18 Å². The first-order valence-electron chi connectivity index (χ1n) is 3.65. The highest BCUT2D eigenvalue weighted by atomic mass is 79.9. The summed E-state index contributed by atoms with van der Waals surface area (Å²) in [4.78, 5) is 10.6. The molecule has 1 aromatic carbocycles. The van der Waals surface area contributed by atoms with Gasteiger partial charge < -0.3 is 5.11 Å². The number of hydrogen-bond donors (Lipinski definition) is 1. The Morgan fingerprint density at radius 3 is 2.69 bits per heavy atom. The van der Waals surface area contributed by atoms with Crippen LogP contribution in [0.3, 0.4) is 0 Å². The zero-order valence-corrected chi connectivity index (χ0v) is 8.56. The van der Waals surface area contributed by atoms with Gasteiger partial charge in [0, 0.05) is 5.33 Å². The molecule has 0 saturated carbocycles. The smallest absolute Gasteiger partial charge is 0.336 e. The molecular formula is C9H8BrFO2. The maximum Gasteiger partial charge on any atom is 0.336 e. The summed E-state index contributed by atoms with van der Waals surface area (Å²) in [6, 6.07) is 2.89. The fraction of sp³-hybridized carbons (Fsp3) is 0.222. The van der Waals surface area contributed by atoms with Gasteiger partial charge in [0.15, 0.2) is 0 Å². The van der Waals surface area contributed by atoms with Gasteiger partial charge in [-0.25, -0.2) is 9.18 Å². The third-order valence-electron chi connectivity index (χ3n) is 1.84. The highest BCUT2D eigenvalue weighted by molar-refractivity contribution is 9.08. The van der Waals surface area contributed by atoms with Crippen LogP contribution in [0.15, 0.2) is 12.1 Å². The highest BCUT2D eigenvalue weighted by Gasteiger charge is 2.13. The lowest BCUT2D eigenvalue weighted by Crippen LogP contribution is -2.03. The lowest BCUT2D eigenvalue weighted by Gasteiger charge is -2.05. The number of carboxylic acids is 1. The van der Waals surface area contributed by atoms with Crippen molar-refractivity contribution in [1.82, 2.24) is 0 Å². The molecule has 1 N–H and O–H groups in total. The fourth-order valence-electron chi connectivity index (χ4n) is 1.08. The van der Waals surface area contributed by atoms with Gasteiger partial charge in [0.25, 0.3) is 0 Å². The van der Waals surface area contributed by atoms with Crippen molar-refractivity contribution in [3.63, 3.8) is 0 Å². The summed E-state index contributed by atoms with van der Waals surface area (Å²) in [6.45, 7) is 1.46. The number of rotatable bonds is 2. The monoisotopic (exact) mass is 246 g/mol. The number of carboxylic acid groups (broad SMARTS) is 1. The van der Waals surface area contributed by atoms with Gasteiger partial charge >= 0.3 is 5.97 Å². The van der Waals surface area contributed by atoms with E-state index >= 15 is 0 Å². The van der Waals surface area contributed by atoms with Crippen LogP contribution in [0.5, 0.6) is 0 Å². The van der Waals surface area contributed by atoms with E-state index in [4.69, 9.17) is 5.11 Å². The molecule has 13 heavy (non-hydrogen) atoms. The van der Waals surface area contributed by atoms with E-state index in [1.807, 2.05) is 0 Å². The van der Waals surface area contributed by atoms with Gasteiger partial charge in [-0.2, -0.15) is 0 Å². The second kappa shape index (κ2) is 3.87. The van der Waals surface area contributed by atoms with Crippen molar-refractivity contribution in [2.75, 3.05) is 0 Å². The summed E-state index contributed by atoms with van der Waals surface area (Å²) in [5.41, 5.74) is 0.675. The molecule has 1 rings (SSSR count). The molecule has 0 atom stereocenters. The molecule has 2 nitrogen and oxygen atoms in total. The van der Waals surface area contributed by atoms with Gasteiger partial charge in [-0.05, 0) is 24.1 Å². The van der Waals surface area contributed by atoms with E-state index in [0.717, 1.165) is 0 Å².